The molecule has 5 rings (SSSR count). The molecule has 0 amide bonds. The van der Waals surface area contributed by atoms with E-state index in [1.807, 2.05) is 31.2 Å². The molecule has 1 aliphatic heterocycles. The highest BCUT2D eigenvalue weighted by molar-refractivity contribution is 6.31. The Morgan fingerprint density at radius 2 is 1.80 bits per heavy atom. The first-order chi connectivity index (χ1) is 19.9. The molecule has 0 saturated carbocycles. The van der Waals surface area contributed by atoms with Gasteiger partial charge in [-0.15, -0.1) is 0 Å². The maximum Gasteiger partial charge on any atom is 0.343 e. The summed E-state index contributed by atoms with van der Waals surface area (Å²) in [4.78, 5) is 12.5. The number of carbonyl (C=O) groups excluding carboxylic acids is 1. The molecular formula is C32H24ClFN2O5. The third-order valence-electron chi connectivity index (χ3n) is 6.42. The summed E-state index contributed by atoms with van der Waals surface area (Å²) in [7, 11) is 0. The van der Waals surface area contributed by atoms with Crippen LogP contribution in [0.2, 0.25) is 5.02 Å². The van der Waals surface area contributed by atoms with E-state index in [0.717, 1.165) is 11.1 Å². The monoisotopic (exact) mass is 570 g/mol. The number of allylic oxidation sites excluding steroid dienone is 1. The molecule has 9 heteroatoms. The second-order valence-corrected chi connectivity index (χ2v) is 9.45. The average Bonchev–Trinajstić information content (AvgIpc) is 2.97. The minimum atomic E-state index is -0.660. The lowest BCUT2D eigenvalue weighted by Crippen LogP contribution is -2.21. The minimum absolute atomic E-state index is 0.0657. The van der Waals surface area contributed by atoms with Crippen molar-refractivity contribution in [1.82, 2.24) is 0 Å². The van der Waals surface area contributed by atoms with Crippen molar-refractivity contribution < 1.29 is 28.1 Å². The highest BCUT2D eigenvalue weighted by atomic mass is 35.5. The van der Waals surface area contributed by atoms with Crippen LogP contribution in [0, 0.1) is 17.1 Å². The van der Waals surface area contributed by atoms with Crippen molar-refractivity contribution in [2.45, 2.75) is 19.4 Å². The molecule has 206 valence electrons. The molecule has 7 nitrogen and oxygen atoms in total. The van der Waals surface area contributed by atoms with Gasteiger partial charge < -0.3 is 24.7 Å². The first-order valence-electron chi connectivity index (χ1n) is 12.7. The molecule has 0 aromatic heterocycles. The SMILES string of the molecule is CCOc1cc(C2C(C#N)=C(N)Oc3cc(OC(=O)c4ccc(F)cc4)ccc32)ccc1OCc1ccccc1Cl. The zero-order valence-electron chi connectivity index (χ0n) is 21.9. The molecule has 1 aliphatic rings. The number of esters is 1. The summed E-state index contributed by atoms with van der Waals surface area (Å²) in [5, 5.41) is 10.6. The Morgan fingerprint density at radius 3 is 2.54 bits per heavy atom. The Labute approximate surface area is 241 Å². The van der Waals surface area contributed by atoms with Crippen LogP contribution in [0.25, 0.3) is 0 Å². The van der Waals surface area contributed by atoms with Crippen molar-refractivity contribution in [3.63, 3.8) is 0 Å². The van der Waals surface area contributed by atoms with Gasteiger partial charge in [-0.1, -0.05) is 41.9 Å². The van der Waals surface area contributed by atoms with E-state index in [4.69, 9.17) is 36.3 Å². The zero-order valence-corrected chi connectivity index (χ0v) is 22.7. The van der Waals surface area contributed by atoms with Gasteiger partial charge in [0, 0.05) is 22.2 Å². The molecule has 1 unspecified atom stereocenters. The predicted octanol–water partition coefficient (Wildman–Crippen LogP) is 6.89. The van der Waals surface area contributed by atoms with Gasteiger partial charge in [-0.3, -0.25) is 0 Å². The first kappa shape index (κ1) is 27.6. The molecule has 1 atom stereocenters. The molecular weight excluding hydrogens is 547 g/mol. The van der Waals surface area contributed by atoms with Gasteiger partial charge in [0.05, 0.1) is 18.1 Å². The van der Waals surface area contributed by atoms with Crippen molar-refractivity contribution in [1.29, 1.82) is 5.26 Å². The number of carbonyl (C=O) groups is 1. The Morgan fingerprint density at radius 1 is 1.02 bits per heavy atom. The largest absolute Gasteiger partial charge is 0.490 e. The number of fused-ring (bicyclic) bond motifs is 1. The first-order valence-corrected chi connectivity index (χ1v) is 13.1. The van der Waals surface area contributed by atoms with Crippen LogP contribution in [0.3, 0.4) is 0 Å². The smallest absolute Gasteiger partial charge is 0.343 e. The van der Waals surface area contributed by atoms with Gasteiger partial charge in [0.1, 0.15) is 35.6 Å². The molecule has 0 bridgehead atoms. The van der Waals surface area contributed by atoms with Crippen molar-refractivity contribution in [3.05, 3.63) is 129 Å². The number of nitrogens with two attached hydrogens (primary N) is 1. The molecule has 0 spiro atoms. The van der Waals surface area contributed by atoms with E-state index in [2.05, 4.69) is 6.07 Å². The summed E-state index contributed by atoms with van der Waals surface area (Å²) in [6, 6.07) is 24.8. The summed E-state index contributed by atoms with van der Waals surface area (Å²) in [6.07, 6.45) is 0. The molecule has 4 aromatic rings. The normalized spacial score (nSPS) is 14.0. The third-order valence-corrected chi connectivity index (χ3v) is 6.79. The van der Waals surface area contributed by atoms with E-state index in [1.165, 1.54) is 30.3 Å². The number of benzene rings is 4. The second-order valence-electron chi connectivity index (χ2n) is 9.04. The molecule has 2 N–H and O–H groups in total. The number of rotatable bonds is 8. The predicted molar refractivity (Wildman–Crippen MR) is 150 cm³/mol. The van der Waals surface area contributed by atoms with E-state index in [9.17, 15) is 14.4 Å². The summed E-state index contributed by atoms with van der Waals surface area (Å²) in [5.41, 5.74) is 8.77. The Kier molecular flexibility index (Phi) is 8.09. The second kappa shape index (κ2) is 12.0. The van der Waals surface area contributed by atoms with Crippen LogP contribution in [-0.2, 0) is 6.61 Å². The van der Waals surface area contributed by atoms with E-state index in [-0.39, 0.29) is 29.4 Å². The molecule has 1 heterocycles. The number of halogens is 2. The van der Waals surface area contributed by atoms with Gasteiger partial charge in [0.15, 0.2) is 11.5 Å². The van der Waals surface area contributed by atoms with Crippen LogP contribution < -0.4 is 24.7 Å². The fraction of sp³-hybridized carbons (Fsp3) is 0.125. The van der Waals surface area contributed by atoms with Crippen LogP contribution in [0.4, 0.5) is 4.39 Å². The Bertz CT molecular complexity index is 1680. The number of nitriles is 1. The fourth-order valence-corrected chi connectivity index (χ4v) is 4.65. The number of hydrogen-bond acceptors (Lipinski definition) is 7. The Hall–Kier alpha value is -5.00. The van der Waals surface area contributed by atoms with Crippen LogP contribution in [0.5, 0.6) is 23.0 Å². The highest BCUT2D eigenvalue weighted by Gasteiger charge is 2.32. The maximum atomic E-state index is 13.2. The maximum absolute atomic E-state index is 13.2. The quantitative estimate of drug-likeness (QED) is 0.182. The van der Waals surface area contributed by atoms with Crippen molar-refractivity contribution >= 4 is 17.6 Å². The van der Waals surface area contributed by atoms with Gasteiger partial charge in [-0.2, -0.15) is 5.26 Å². The van der Waals surface area contributed by atoms with Gasteiger partial charge in [-0.25, -0.2) is 9.18 Å². The van der Waals surface area contributed by atoms with Crippen LogP contribution in [0.15, 0.2) is 96.4 Å². The van der Waals surface area contributed by atoms with E-state index >= 15 is 0 Å². The fourth-order valence-electron chi connectivity index (χ4n) is 4.46. The summed E-state index contributed by atoms with van der Waals surface area (Å²) >= 11 is 6.28. The van der Waals surface area contributed by atoms with E-state index < -0.39 is 17.7 Å². The molecule has 0 saturated heterocycles. The number of ether oxygens (including phenoxy) is 4. The van der Waals surface area contributed by atoms with Crippen LogP contribution in [-0.4, -0.2) is 12.6 Å². The Balaban J connectivity index is 1.45. The van der Waals surface area contributed by atoms with Crippen molar-refractivity contribution in [2.24, 2.45) is 5.73 Å². The molecule has 0 aliphatic carbocycles. The highest BCUT2D eigenvalue weighted by Crippen LogP contribution is 2.45. The molecule has 0 radical (unpaired) electrons. The zero-order chi connectivity index (χ0) is 28.9. The summed E-state index contributed by atoms with van der Waals surface area (Å²) < 4.78 is 36.4. The van der Waals surface area contributed by atoms with Gasteiger partial charge >= 0.3 is 5.97 Å². The lowest BCUT2D eigenvalue weighted by molar-refractivity contribution is 0.0734. The van der Waals surface area contributed by atoms with E-state index in [1.54, 1.807) is 30.3 Å². The van der Waals surface area contributed by atoms with Crippen LogP contribution in [0.1, 0.15) is 39.9 Å². The summed E-state index contributed by atoms with van der Waals surface area (Å²) in [6.45, 7) is 2.50. The molecule has 4 aromatic carbocycles. The van der Waals surface area contributed by atoms with Gasteiger partial charge in [0.25, 0.3) is 0 Å². The van der Waals surface area contributed by atoms with Crippen molar-refractivity contribution in [2.75, 3.05) is 6.61 Å². The average molecular weight is 571 g/mol. The number of nitrogens with zero attached hydrogens (tertiary/aromatic N) is 1. The lowest BCUT2D eigenvalue weighted by Gasteiger charge is -2.27. The van der Waals surface area contributed by atoms with E-state index in [0.29, 0.717) is 34.4 Å². The topological polar surface area (TPSA) is 104 Å². The molecule has 0 fully saturated rings. The third kappa shape index (κ3) is 5.96. The lowest BCUT2D eigenvalue weighted by atomic mass is 9.83. The summed E-state index contributed by atoms with van der Waals surface area (Å²) in [5.74, 6) is -0.236. The van der Waals surface area contributed by atoms with Crippen molar-refractivity contribution in [3.8, 4) is 29.1 Å². The van der Waals surface area contributed by atoms with Gasteiger partial charge in [0.2, 0.25) is 5.88 Å². The molecule has 41 heavy (non-hydrogen) atoms. The van der Waals surface area contributed by atoms with Gasteiger partial charge in [-0.05, 0) is 61.0 Å². The van der Waals surface area contributed by atoms with Crippen LogP contribution >= 0.6 is 11.6 Å². The number of hydrogen-bond donors (Lipinski definition) is 1. The minimum Gasteiger partial charge on any atom is -0.490 e. The standard InChI is InChI=1S/C32H24ClFN2O5/c1-2-38-29-15-20(9-14-27(29)39-18-21-5-3-4-6-26(21)33)30-24-13-12-23(16-28(24)41-31(36)25(30)17-35)40-32(37)19-7-10-22(34)11-8-19/h3-16,30H,2,18,36H2,1H3.